The van der Waals surface area contributed by atoms with Crippen LogP contribution in [0.3, 0.4) is 0 Å². The molecule has 8 heteroatoms. The van der Waals surface area contributed by atoms with E-state index in [2.05, 4.69) is 0 Å². The molecule has 0 aliphatic heterocycles. The summed E-state index contributed by atoms with van der Waals surface area (Å²) >= 11 is 0. The van der Waals surface area contributed by atoms with Gasteiger partial charge in [0.05, 0.1) is 4.43 Å². The van der Waals surface area contributed by atoms with Crippen LogP contribution in [-0.2, 0) is 0 Å². The van der Waals surface area contributed by atoms with E-state index in [1.165, 1.54) is 13.0 Å². The fraction of sp³-hybridized carbons (Fsp3) is 0.308. The zero-order valence-corrected chi connectivity index (χ0v) is 11.4. The van der Waals surface area contributed by atoms with Crippen molar-refractivity contribution >= 4 is 17.2 Å². The summed E-state index contributed by atoms with van der Waals surface area (Å²) in [6, 6.07) is 5.32. The molecule has 112 valence electrons. The largest absolute Gasteiger partial charge is 0.623 e. The minimum atomic E-state index is -1.07. The molecule has 0 atom stereocenters. The van der Waals surface area contributed by atoms with Crippen molar-refractivity contribution in [3.05, 3.63) is 45.8 Å². The molecule has 21 heavy (non-hydrogen) atoms. The maximum Gasteiger partial charge on any atom is 0.349 e. The summed E-state index contributed by atoms with van der Waals surface area (Å²) in [6.45, 7) is 0.371. The SMILES string of the molecule is Cc1c(C=[N+]([O-])C(CO)CO)[n+](=O)c2ccccc2n1O. The molecule has 0 fully saturated rings. The van der Waals surface area contributed by atoms with E-state index < -0.39 is 19.3 Å². The Bertz CT molecular complexity index is 749. The number of benzene rings is 1. The zero-order chi connectivity index (χ0) is 15.6. The number of rotatable bonds is 4. The fourth-order valence-corrected chi connectivity index (χ4v) is 1.97. The normalized spacial score (nSPS) is 12.3. The zero-order valence-electron chi connectivity index (χ0n) is 11.4. The second kappa shape index (κ2) is 5.90. The van der Waals surface area contributed by atoms with Gasteiger partial charge in [-0.3, -0.25) is 0 Å². The Kier molecular flexibility index (Phi) is 4.20. The van der Waals surface area contributed by atoms with Crippen molar-refractivity contribution in [3.8, 4) is 0 Å². The first-order valence-electron chi connectivity index (χ1n) is 6.29. The van der Waals surface area contributed by atoms with Gasteiger partial charge in [-0.25, -0.2) is 0 Å². The molecule has 1 heterocycles. The number of aliphatic hydroxyl groups excluding tert-OH is 2. The van der Waals surface area contributed by atoms with Gasteiger partial charge in [-0.2, -0.15) is 9.47 Å². The molecule has 3 N–H and O–H groups in total. The molecule has 0 aliphatic rings. The fourth-order valence-electron chi connectivity index (χ4n) is 1.97. The Hall–Kier alpha value is -2.45. The molecule has 2 aromatic rings. The van der Waals surface area contributed by atoms with E-state index in [0.29, 0.717) is 14.7 Å². The Morgan fingerprint density at radius 3 is 2.62 bits per heavy atom. The smallest absolute Gasteiger partial charge is 0.349 e. The Morgan fingerprint density at radius 1 is 1.38 bits per heavy atom. The molecular formula is C13H16N3O5+. The number of aliphatic hydroxyl groups is 2. The molecule has 2 rings (SSSR count). The van der Waals surface area contributed by atoms with Crippen LogP contribution >= 0.6 is 0 Å². The lowest BCUT2D eigenvalue weighted by molar-refractivity contribution is -0.515. The monoisotopic (exact) mass is 294 g/mol. The van der Waals surface area contributed by atoms with E-state index in [0.717, 1.165) is 10.9 Å². The Balaban J connectivity index is 2.71. The average Bonchev–Trinajstić information content (AvgIpc) is 2.50. The second-order valence-electron chi connectivity index (χ2n) is 4.57. The van der Waals surface area contributed by atoms with E-state index in [1.54, 1.807) is 18.2 Å². The van der Waals surface area contributed by atoms with Gasteiger partial charge in [0.15, 0.2) is 5.52 Å². The highest BCUT2D eigenvalue weighted by Gasteiger charge is 2.25. The maximum absolute atomic E-state index is 12.3. The van der Waals surface area contributed by atoms with Crippen molar-refractivity contribution < 1.29 is 24.6 Å². The van der Waals surface area contributed by atoms with Gasteiger partial charge in [0.1, 0.15) is 18.9 Å². The summed E-state index contributed by atoms with van der Waals surface area (Å²) in [5.41, 5.74) is 0.590. The van der Waals surface area contributed by atoms with Gasteiger partial charge in [0, 0.05) is 11.0 Å². The molecule has 1 aromatic carbocycles. The summed E-state index contributed by atoms with van der Waals surface area (Å²) in [7, 11) is 0. The van der Waals surface area contributed by atoms with Gasteiger partial charge in [-0.05, 0) is 13.0 Å². The second-order valence-corrected chi connectivity index (χ2v) is 4.57. The van der Waals surface area contributed by atoms with Crippen LogP contribution < -0.4 is 4.43 Å². The highest BCUT2D eigenvalue weighted by Crippen LogP contribution is 2.11. The van der Waals surface area contributed by atoms with Gasteiger partial charge in [0.2, 0.25) is 6.04 Å². The minimum absolute atomic E-state index is 0.0712. The van der Waals surface area contributed by atoms with Crippen LogP contribution in [0.1, 0.15) is 11.4 Å². The maximum atomic E-state index is 12.3. The predicted molar refractivity (Wildman–Crippen MR) is 74.0 cm³/mol. The van der Waals surface area contributed by atoms with Crippen molar-refractivity contribution in [2.75, 3.05) is 13.2 Å². The lowest BCUT2D eigenvalue weighted by Crippen LogP contribution is -2.34. The van der Waals surface area contributed by atoms with E-state index in [1.807, 2.05) is 0 Å². The number of para-hydroxylation sites is 2. The first-order valence-corrected chi connectivity index (χ1v) is 6.29. The van der Waals surface area contributed by atoms with Crippen molar-refractivity contribution in [1.82, 2.24) is 4.73 Å². The third-order valence-electron chi connectivity index (χ3n) is 3.27. The quantitative estimate of drug-likeness (QED) is 0.229. The Labute approximate surface area is 119 Å². The lowest BCUT2D eigenvalue weighted by atomic mass is 10.2. The van der Waals surface area contributed by atoms with E-state index in [-0.39, 0.29) is 16.9 Å². The highest BCUT2D eigenvalue weighted by molar-refractivity contribution is 5.77. The third kappa shape index (κ3) is 2.58. The molecule has 1 aromatic heterocycles. The molecule has 0 saturated carbocycles. The van der Waals surface area contributed by atoms with Crippen LogP contribution in [0.4, 0.5) is 0 Å². The standard InChI is InChI=1S/C13H16N3O5/c1-9-13(6-14(19)10(7-17)8-18)16(21)12-5-3-2-4-11(12)15(9)20/h2-6,10,17-18,20H,7-8H2,1H3/q+1. The summed E-state index contributed by atoms with van der Waals surface area (Å²) < 4.78 is 1.63. The minimum Gasteiger partial charge on any atom is -0.623 e. The lowest BCUT2D eigenvalue weighted by Gasteiger charge is -2.11. The third-order valence-corrected chi connectivity index (χ3v) is 3.27. The first-order chi connectivity index (χ1) is 10.0. The van der Waals surface area contributed by atoms with Crippen LogP contribution in [0.15, 0.2) is 24.3 Å². The molecule has 0 unspecified atom stereocenters. The van der Waals surface area contributed by atoms with Gasteiger partial charge in [0.25, 0.3) is 11.7 Å². The Morgan fingerprint density at radius 2 is 2.00 bits per heavy atom. The van der Waals surface area contributed by atoms with Crippen LogP contribution in [0.5, 0.6) is 0 Å². The molecule has 8 nitrogen and oxygen atoms in total. The first kappa shape index (κ1) is 14.9. The van der Waals surface area contributed by atoms with E-state index in [4.69, 9.17) is 10.2 Å². The molecule has 0 saturated heterocycles. The average molecular weight is 294 g/mol. The number of hydroxylamine groups is 1. The highest BCUT2D eigenvalue weighted by atomic mass is 16.5. The van der Waals surface area contributed by atoms with Gasteiger partial charge >= 0.3 is 5.69 Å². The molecule has 0 radical (unpaired) electrons. The van der Waals surface area contributed by atoms with Crippen molar-refractivity contribution in [2.24, 2.45) is 0 Å². The van der Waals surface area contributed by atoms with Crippen LogP contribution in [-0.4, -0.2) is 50.4 Å². The topological polar surface area (TPSA) is 115 Å². The summed E-state index contributed by atoms with van der Waals surface area (Å²) in [5.74, 6) is 0. The summed E-state index contributed by atoms with van der Waals surface area (Å²) in [4.78, 5) is 12.3. The number of nitrogens with zero attached hydrogens (tertiary/aromatic N) is 3. The molecule has 0 amide bonds. The number of hydrogen-bond acceptors (Lipinski definition) is 5. The van der Waals surface area contributed by atoms with Crippen molar-refractivity contribution in [1.29, 1.82) is 0 Å². The number of fused-ring (bicyclic) bond motifs is 1. The van der Waals surface area contributed by atoms with Crippen LogP contribution in [0.25, 0.3) is 11.0 Å². The van der Waals surface area contributed by atoms with Gasteiger partial charge < -0.3 is 20.6 Å². The van der Waals surface area contributed by atoms with Crippen molar-refractivity contribution in [2.45, 2.75) is 13.0 Å². The van der Waals surface area contributed by atoms with E-state index >= 15 is 0 Å². The molecular weight excluding hydrogens is 278 g/mol. The number of aromatic nitrogens is 2. The van der Waals surface area contributed by atoms with Gasteiger partial charge in [-0.15, -0.1) is 0 Å². The van der Waals surface area contributed by atoms with Crippen molar-refractivity contribution in [3.63, 3.8) is 0 Å². The molecule has 0 spiro atoms. The van der Waals surface area contributed by atoms with Crippen LogP contribution in [0.2, 0.25) is 0 Å². The van der Waals surface area contributed by atoms with Crippen LogP contribution in [0, 0.1) is 17.0 Å². The number of hydrogen-bond donors (Lipinski definition) is 3. The van der Waals surface area contributed by atoms with Gasteiger partial charge in [-0.1, -0.05) is 12.1 Å². The molecule has 0 aliphatic carbocycles. The summed E-state index contributed by atoms with van der Waals surface area (Å²) in [6.07, 6.45) is 0.943. The van der Waals surface area contributed by atoms with E-state index in [9.17, 15) is 15.3 Å². The predicted octanol–water partition coefficient (Wildman–Crippen LogP) is -0.616. The molecule has 0 bridgehead atoms. The summed E-state index contributed by atoms with van der Waals surface area (Å²) in [5, 5.41) is 39.8.